The van der Waals surface area contributed by atoms with E-state index in [1.165, 1.54) is 12.1 Å². The molecule has 2 aromatic rings. The number of halogens is 2. The van der Waals surface area contributed by atoms with E-state index in [0.29, 0.717) is 0 Å². The van der Waals surface area contributed by atoms with Crippen LogP contribution >= 0.6 is 0 Å². The molecule has 0 bridgehead atoms. The molecule has 2 rings (SSSR count). The lowest BCUT2D eigenvalue weighted by Gasteiger charge is -2.12. The first-order valence-corrected chi connectivity index (χ1v) is 5.70. The van der Waals surface area contributed by atoms with Gasteiger partial charge in [-0.25, -0.2) is 13.8 Å². The van der Waals surface area contributed by atoms with Gasteiger partial charge in [-0.1, -0.05) is 19.1 Å². The van der Waals surface area contributed by atoms with E-state index < -0.39 is 23.1 Å². The zero-order valence-electron chi connectivity index (χ0n) is 10.2. The summed E-state index contributed by atoms with van der Waals surface area (Å²) in [7, 11) is 0. The molecule has 0 radical (unpaired) electrons. The van der Waals surface area contributed by atoms with E-state index in [1.54, 1.807) is 6.92 Å². The molecular formula is C13H12F2N2O2. The van der Waals surface area contributed by atoms with Crippen LogP contribution in [0.1, 0.15) is 24.2 Å². The summed E-state index contributed by atoms with van der Waals surface area (Å²) in [5, 5.41) is 9.21. The van der Waals surface area contributed by atoms with E-state index in [1.807, 2.05) is 0 Å². The van der Waals surface area contributed by atoms with Gasteiger partial charge in [-0.05, 0) is 17.5 Å². The van der Waals surface area contributed by atoms with Crippen LogP contribution in [0.5, 0.6) is 5.88 Å². The van der Waals surface area contributed by atoms with E-state index in [2.05, 4.69) is 9.97 Å². The largest absolute Gasteiger partial charge is 0.493 e. The van der Waals surface area contributed by atoms with Crippen LogP contribution in [-0.4, -0.2) is 15.1 Å². The van der Waals surface area contributed by atoms with Crippen LogP contribution < -0.4 is 5.56 Å². The van der Waals surface area contributed by atoms with Gasteiger partial charge >= 0.3 is 0 Å². The van der Waals surface area contributed by atoms with Crippen molar-refractivity contribution in [2.75, 3.05) is 0 Å². The Kier molecular flexibility index (Phi) is 3.59. The first-order valence-electron chi connectivity index (χ1n) is 5.70. The van der Waals surface area contributed by atoms with Crippen molar-refractivity contribution in [2.45, 2.75) is 19.3 Å². The molecule has 1 unspecified atom stereocenters. The fraction of sp³-hybridized carbons (Fsp3) is 0.231. The molecule has 0 amide bonds. The highest BCUT2D eigenvalue weighted by atomic mass is 19.2. The summed E-state index contributed by atoms with van der Waals surface area (Å²) in [6, 6.07) is 4.88. The van der Waals surface area contributed by atoms with Gasteiger partial charge in [0.15, 0.2) is 11.6 Å². The van der Waals surface area contributed by atoms with Crippen molar-refractivity contribution >= 4 is 0 Å². The maximum absolute atomic E-state index is 13.6. The summed E-state index contributed by atoms with van der Waals surface area (Å²) in [6.45, 7) is 1.68. The molecule has 19 heavy (non-hydrogen) atoms. The topological polar surface area (TPSA) is 66.0 Å². The Bertz CT molecular complexity index is 655. The molecule has 4 nitrogen and oxygen atoms in total. The van der Waals surface area contributed by atoms with E-state index in [-0.39, 0.29) is 23.7 Å². The Labute approximate surface area is 107 Å². The first kappa shape index (κ1) is 13.2. The zero-order chi connectivity index (χ0) is 14.0. The van der Waals surface area contributed by atoms with Crippen molar-refractivity contribution in [3.05, 3.63) is 57.6 Å². The summed E-state index contributed by atoms with van der Waals surface area (Å²) in [4.78, 5) is 17.3. The Hall–Kier alpha value is -2.24. The Morgan fingerprint density at radius 2 is 2.16 bits per heavy atom. The number of hydrogen-bond acceptors (Lipinski definition) is 3. The highest BCUT2D eigenvalue weighted by Crippen LogP contribution is 2.23. The smallest absolute Gasteiger partial charge is 0.254 e. The minimum atomic E-state index is -0.915. The van der Waals surface area contributed by atoms with Crippen LogP contribution in [0, 0.1) is 11.6 Å². The van der Waals surface area contributed by atoms with E-state index in [9.17, 15) is 18.7 Å². The third kappa shape index (κ3) is 2.96. The molecular weight excluding hydrogens is 254 g/mol. The van der Waals surface area contributed by atoms with Gasteiger partial charge in [-0.3, -0.25) is 4.79 Å². The standard InChI is InChI=1S/C13H12F2N2O2/c1-7(8-3-2-4-9(14)13(8)15)5-10-16-11(18)6-12(19)17-10/h2-4,6-7H,5H2,1H3,(H2,16,17,18,19). The lowest BCUT2D eigenvalue weighted by molar-refractivity contribution is 0.445. The second-order valence-corrected chi connectivity index (χ2v) is 4.30. The van der Waals surface area contributed by atoms with Gasteiger partial charge in [0.25, 0.3) is 5.56 Å². The SMILES string of the molecule is CC(Cc1nc(O)cc(=O)[nH]1)c1cccc(F)c1F. The van der Waals surface area contributed by atoms with Gasteiger partial charge in [0.2, 0.25) is 5.88 Å². The average Bonchev–Trinajstić information content (AvgIpc) is 2.31. The number of aromatic amines is 1. The normalized spacial score (nSPS) is 12.4. The number of aromatic nitrogens is 2. The molecule has 0 aliphatic heterocycles. The fourth-order valence-corrected chi connectivity index (χ4v) is 1.89. The molecule has 1 atom stereocenters. The predicted molar refractivity (Wildman–Crippen MR) is 65.0 cm³/mol. The summed E-state index contributed by atoms with van der Waals surface area (Å²) in [6.07, 6.45) is 0.185. The third-order valence-corrected chi connectivity index (χ3v) is 2.79. The number of aromatic hydroxyl groups is 1. The van der Waals surface area contributed by atoms with Crippen LogP contribution in [0.4, 0.5) is 8.78 Å². The fourth-order valence-electron chi connectivity index (χ4n) is 1.89. The highest BCUT2D eigenvalue weighted by molar-refractivity contribution is 5.23. The van der Waals surface area contributed by atoms with Crippen molar-refractivity contribution < 1.29 is 13.9 Å². The second kappa shape index (κ2) is 5.17. The molecule has 1 aromatic carbocycles. The van der Waals surface area contributed by atoms with Gasteiger partial charge in [0.1, 0.15) is 5.82 Å². The van der Waals surface area contributed by atoms with Crippen molar-refractivity contribution in [2.24, 2.45) is 0 Å². The lowest BCUT2D eigenvalue weighted by atomic mass is 9.97. The van der Waals surface area contributed by atoms with E-state index >= 15 is 0 Å². The number of H-pyrrole nitrogens is 1. The molecule has 0 fully saturated rings. The van der Waals surface area contributed by atoms with Gasteiger partial charge in [-0.2, -0.15) is 0 Å². The summed E-state index contributed by atoms with van der Waals surface area (Å²) in [5.41, 5.74) is -0.291. The van der Waals surface area contributed by atoms with Crippen molar-refractivity contribution in [3.63, 3.8) is 0 Å². The monoisotopic (exact) mass is 266 g/mol. The molecule has 0 aliphatic carbocycles. The molecule has 1 aromatic heterocycles. The molecule has 0 saturated carbocycles. The summed E-state index contributed by atoms with van der Waals surface area (Å²) >= 11 is 0. The average molecular weight is 266 g/mol. The Balaban J connectivity index is 2.28. The lowest BCUT2D eigenvalue weighted by Crippen LogP contribution is -2.12. The second-order valence-electron chi connectivity index (χ2n) is 4.30. The summed E-state index contributed by atoms with van der Waals surface area (Å²) < 4.78 is 26.7. The van der Waals surface area contributed by atoms with E-state index in [0.717, 1.165) is 12.1 Å². The van der Waals surface area contributed by atoms with Crippen molar-refractivity contribution in [1.29, 1.82) is 0 Å². The highest BCUT2D eigenvalue weighted by Gasteiger charge is 2.16. The number of nitrogens with one attached hydrogen (secondary N) is 1. The van der Waals surface area contributed by atoms with Crippen LogP contribution in [0.3, 0.4) is 0 Å². The molecule has 0 spiro atoms. The van der Waals surface area contributed by atoms with E-state index in [4.69, 9.17) is 0 Å². The van der Waals surface area contributed by atoms with Gasteiger partial charge < -0.3 is 10.1 Å². The number of benzene rings is 1. The third-order valence-electron chi connectivity index (χ3n) is 2.79. The predicted octanol–water partition coefficient (Wildman–Crippen LogP) is 2.10. The molecule has 1 heterocycles. The number of nitrogens with zero attached hydrogens (tertiary/aromatic N) is 1. The quantitative estimate of drug-likeness (QED) is 0.894. The van der Waals surface area contributed by atoms with Crippen molar-refractivity contribution in [1.82, 2.24) is 9.97 Å². The van der Waals surface area contributed by atoms with Gasteiger partial charge in [0.05, 0.1) is 6.07 Å². The number of rotatable bonds is 3. The zero-order valence-corrected chi connectivity index (χ0v) is 10.2. The minimum Gasteiger partial charge on any atom is -0.493 e. The van der Waals surface area contributed by atoms with Gasteiger partial charge in [-0.15, -0.1) is 0 Å². The van der Waals surface area contributed by atoms with Crippen LogP contribution in [0.2, 0.25) is 0 Å². The molecule has 0 saturated heterocycles. The molecule has 100 valence electrons. The maximum atomic E-state index is 13.6. The maximum Gasteiger partial charge on any atom is 0.254 e. The first-order chi connectivity index (χ1) is 8.97. The van der Waals surface area contributed by atoms with Crippen LogP contribution in [0.25, 0.3) is 0 Å². The Morgan fingerprint density at radius 1 is 1.42 bits per heavy atom. The minimum absolute atomic E-state index is 0.185. The van der Waals surface area contributed by atoms with Crippen LogP contribution in [-0.2, 0) is 6.42 Å². The van der Waals surface area contributed by atoms with Gasteiger partial charge in [0, 0.05) is 6.42 Å². The molecule has 0 aliphatic rings. The van der Waals surface area contributed by atoms with Crippen LogP contribution in [0.15, 0.2) is 29.1 Å². The molecule has 2 N–H and O–H groups in total. The van der Waals surface area contributed by atoms with Crippen molar-refractivity contribution in [3.8, 4) is 5.88 Å². The Morgan fingerprint density at radius 3 is 2.84 bits per heavy atom. The number of hydrogen-bond donors (Lipinski definition) is 2. The summed E-state index contributed by atoms with van der Waals surface area (Å²) in [5.74, 6) is -2.38. The molecule has 6 heteroatoms.